The van der Waals surface area contributed by atoms with Gasteiger partial charge in [-0.3, -0.25) is 0 Å². The number of hydrogen-bond donors (Lipinski definition) is 1. The molecule has 5 atom stereocenters. The molecule has 10 heteroatoms. The highest BCUT2D eigenvalue weighted by molar-refractivity contribution is 8.02. The summed E-state index contributed by atoms with van der Waals surface area (Å²) in [6.45, 7) is 4.24. The first-order valence-electron chi connectivity index (χ1n) is 9.47. The van der Waals surface area contributed by atoms with E-state index in [2.05, 4.69) is 13.8 Å². The molecular weight excluding hydrogens is 404 g/mol. The number of rotatable bonds is 12. The van der Waals surface area contributed by atoms with E-state index < -0.39 is 17.6 Å². The highest BCUT2D eigenvalue weighted by Crippen LogP contribution is 2.45. The predicted molar refractivity (Wildman–Crippen MR) is 112 cm³/mol. The summed E-state index contributed by atoms with van der Waals surface area (Å²) in [7, 11) is 4.38. The fraction of sp³-hybridized carbons (Fsp3) is 1.00. The van der Waals surface area contributed by atoms with Gasteiger partial charge in [-0.2, -0.15) is 0 Å². The van der Waals surface area contributed by atoms with Crippen molar-refractivity contribution in [3.63, 3.8) is 0 Å². The normalized spacial score (nSPS) is 26.8. The minimum absolute atomic E-state index is 0.0699. The molecule has 0 saturated heterocycles. The van der Waals surface area contributed by atoms with Crippen LogP contribution in [0.25, 0.3) is 0 Å². The minimum atomic E-state index is -2.78. The average Bonchev–Trinajstić information content (AvgIpc) is 2.71. The predicted octanol–water partition coefficient (Wildman–Crippen LogP) is 2.71. The van der Waals surface area contributed by atoms with Crippen LogP contribution in [0.4, 0.5) is 0 Å². The molecule has 27 heavy (non-hydrogen) atoms. The zero-order chi connectivity index (χ0) is 20.7. The van der Waals surface area contributed by atoms with E-state index >= 15 is 0 Å². The van der Waals surface area contributed by atoms with Gasteiger partial charge in [0, 0.05) is 53.4 Å². The Labute approximate surface area is 171 Å². The van der Waals surface area contributed by atoms with Crippen molar-refractivity contribution in [1.29, 1.82) is 0 Å². The molecule has 1 saturated carbocycles. The van der Waals surface area contributed by atoms with Crippen molar-refractivity contribution in [2.45, 2.75) is 61.3 Å². The lowest BCUT2D eigenvalue weighted by Gasteiger charge is -2.42. The van der Waals surface area contributed by atoms with Gasteiger partial charge >= 0.3 is 17.6 Å². The SMILES string of the molecule is CCC(SC1CC(C(C)[Si](OC)(OC)OC)CCC1O)[Si](OC)(OC)OC. The third-order valence-corrected chi connectivity index (χ3v) is 14.9. The molecule has 0 aromatic carbocycles. The van der Waals surface area contributed by atoms with Crippen LogP contribution in [0.1, 0.15) is 39.5 Å². The average molecular weight is 443 g/mol. The number of aliphatic hydroxyl groups is 1. The summed E-state index contributed by atoms with van der Waals surface area (Å²) < 4.78 is 34.1. The lowest BCUT2D eigenvalue weighted by molar-refractivity contribution is 0.0791. The van der Waals surface area contributed by atoms with E-state index in [1.807, 2.05) is 0 Å². The molecule has 0 bridgehead atoms. The van der Waals surface area contributed by atoms with Gasteiger partial charge in [-0.1, -0.05) is 13.8 Å². The topological polar surface area (TPSA) is 75.6 Å². The monoisotopic (exact) mass is 442 g/mol. The second kappa shape index (κ2) is 11.6. The lowest BCUT2D eigenvalue weighted by Crippen LogP contribution is -2.54. The molecule has 5 unspecified atom stereocenters. The Kier molecular flexibility index (Phi) is 11.0. The van der Waals surface area contributed by atoms with Crippen LogP contribution in [0.2, 0.25) is 5.54 Å². The molecule has 1 aliphatic rings. The Morgan fingerprint density at radius 3 is 1.78 bits per heavy atom. The lowest BCUT2D eigenvalue weighted by atomic mass is 9.85. The first-order chi connectivity index (χ1) is 12.8. The molecule has 0 amide bonds. The Morgan fingerprint density at radius 2 is 1.37 bits per heavy atom. The summed E-state index contributed by atoms with van der Waals surface area (Å²) in [5.41, 5.74) is 0.155. The molecule has 0 aromatic heterocycles. The van der Waals surface area contributed by atoms with E-state index in [4.69, 9.17) is 26.6 Å². The van der Waals surface area contributed by atoms with Crippen molar-refractivity contribution in [1.82, 2.24) is 0 Å². The van der Waals surface area contributed by atoms with Crippen LogP contribution in [0.5, 0.6) is 0 Å². The van der Waals surface area contributed by atoms with Crippen molar-refractivity contribution in [2.24, 2.45) is 5.92 Å². The molecule has 7 nitrogen and oxygen atoms in total. The standard InChI is InChI=1S/C17H38O7SSi2/c1-9-17(27(22-6,23-7)24-8)25-16-12-14(10-11-15(16)18)13(2)26(19-3,20-4)21-5/h13-18H,9-12H2,1-8H3. The van der Waals surface area contributed by atoms with Gasteiger partial charge in [0.05, 0.1) is 11.0 Å². The van der Waals surface area contributed by atoms with Crippen LogP contribution in [0.3, 0.4) is 0 Å². The fourth-order valence-electron chi connectivity index (χ4n) is 4.13. The Hall–Kier alpha value is 0.504. The Bertz CT molecular complexity index is 408. The molecule has 0 radical (unpaired) electrons. The largest absolute Gasteiger partial charge is 0.513 e. The van der Waals surface area contributed by atoms with Crippen LogP contribution < -0.4 is 0 Å². The highest BCUT2D eigenvalue weighted by Gasteiger charge is 2.52. The summed E-state index contributed by atoms with van der Waals surface area (Å²) in [4.78, 5) is 0.0699. The van der Waals surface area contributed by atoms with Gasteiger partial charge in [0.1, 0.15) is 0 Å². The molecule has 162 valence electrons. The van der Waals surface area contributed by atoms with E-state index in [-0.39, 0.29) is 21.8 Å². The number of thioether (sulfide) groups is 1. The highest BCUT2D eigenvalue weighted by atomic mass is 32.2. The number of aliphatic hydroxyl groups excluding tert-OH is 1. The fourth-order valence-corrected chi connectivity index (χ4v) is 11.8. The van der Waals surface area contributed by atoms with Crippen molar-refractivity contribution < 1.29 is 31.7 Å². The quantitative estimate of drug-likeness (QED) is 0.462. The molecule has 1 fully saturated rings. The van der Waals surface area contributed by atoms with Crippen molar-refractivity contribution in [3.05, 3.63) is 0 Å². The van der Waals surface area contributed by atoms with Crippen LogP contribution in [0, 0.1) is 5.92 Å². The van der Waals surface area contributed by atoms with Gasteiger partial charge in [0.25, 0.3) is 0 Å². The van der Waals surface area contributed by atoms with Crippen LogP contribution in [-0.2, 0) is 26.6 Å². The van der Waals surface area contributed by atoms with Gasteiger partial charge in [0.15, 0.2) is 0 Å². The Morgan fingerprint density at radius 1 is 0.889 bits per heavy atom. The molecular formula is C17H38O7SSi2. The van der Waals surface area contributed by atoms with Crippen molar-refractivity contribution in [2.75, 3.05) is 42.7 Å². The molecule has 0 aromatic rings. The molecule has 1 rings (SSSR count). The second-order valence-electron chi connectivity index (χ2n) is 6.93. The number of hydrogen-bond acceptors (Lipinski definition) is 8. The summed E-state index contributed by atoms with van der Waals surface area (Å²) in [6, 6.07) is 0. The van der Waals surface area contributed by atoms with E-state index in [0.29, 0.717) is 5.92 Å². The molecule has 0 heterocycles. The van der Waals surface area contributed by atoms with E-state index in [1.54, 1.807) is 54.4 Å². The second-order valence-corrected chi connectivity index (χ2v) is 15.3. The van der Waals surface area contributed by atoms with Crippen molar-refractivity contribution >= 4 is 29.4 Å². The third-order valence-electron chi connectivity index (χ3n) is 5.87. The maximum absolute atomic E-state index is 10.7. The molecule has 1 N–H and O–H groups in total. The molecule has 1 aliphatic carbocycles. The van der Waals surface area contributed by atoms with E-state index in [9.17, 15) is 5.11 Å². The zero-order valence-corrected chi connectivity index (χ0v) is 20.8. The maximum Gasteiger partial charge on any atom is 0.513 e. The summed E-state index contributed by atoms with van der Waals surface area (Å²) >= 11 is 1.74. The minimum Gasteiger partial charge on any atom is -0.392 e. The third kappa shape index (κ3) is 5.56. The van der Waals surface area contributed by atoms with Gasteiger partial charge in [-0.25, -0.2) is 0 Å². The van der Waals surface area contributed by atoms with Crippen LogP contribution in [-0.4, -0.2) is 81.6 Å². The molecule has 0 aliphatic heterocycles. The van der Waals surface area contributed by atoms with Gasteiger partial charge in [-0.05, 0) is 31.6 Å². The van der Waals surface area contributed by atoms with Gasteiger partial charge < -0.3 is 31.7 Å². The summed E-state index contributed by atoms with van der Waals surface area (Å²) in [5.74, 6) is 0.360. The summed E-state index contributed by atoms with van der Waals surface area (Å²) in [5, 5.41) is 10.7. The summed E-state index contributed by atoms with van der Waals surface area (Å²) in [6.07, 6.45) is 3.06. The van der Waals surface area contributed by atoms with Crippen molar-refractivity contribution in [3.8, 4) is 0 Å². The first kappa shape index (κ1) is 25.5. The Balaban J connectivity index is 2.95. The zero-order valence-electron chi connectivity index (χ0n) is 18.0. The van der Waals surface area contributed by atoms with Gasteiger partial charge in [-0.15, -0.1) is 11.8 Å². The van der Waals surface area contributed by atoms with Crippen LogP contribution in [0.15, 0.2) is 0 Å². The first-order valence-corrected chi connectivity index (χ1v) is 14.0. The van der Waals surface area contributed by atoms with Crippen LogP contribution >= 0.6 is 11.8 Å². The maximum atomic E-state index is 10.7. The van der Waals surface area contributed by atoms with E-state index in [1.165, 1.54) is 0 Å². The van der Waals surface area contributed by atoms with E-state index in [0.717, 1.165) is 25.7 Å². The smallest absolute Gasteiger partial charge is 0.392 e. The van der Waals surface area contributed by atoms with Gasteiger partial charge in [0.2, 0.25) is 0 Å². The molecule has 0 spiro atoms.